The number of benzene rings is 2. The summed E-state index contributed by atoms with van der Waals surface area (Å²) < 4.78 is 11.9. The highest BCUT2D eigenvalue weighted by atomic mass is 79.9. The van der Waals surface area contributed by atoms with E-state index in [0.29, 0.717) is 28.1 Å². The van der Waals surface area contributed by atoms with Crippen LogP contribution >= 0.6 is 28.1 Å². The molecule has 2 rings (SSSR count). The molecule has 0 aliphatic carbocycles. The Kier molecular flexibility index (Phi) is 11.0. The maximum absolute atomic E-state index is 12.4. The van der Waals surface area contributed by atoms with Crippen LogP contribution in [0.5, 0.6) is 11.5 Å². The van der Waals surface area contributed by atoms with Gasteiger partial charge in [0.15, 0.2) is 11.7 Å². The molecule has 172 valence electrons. The first-order valence-corrected chi connectivity index (χ1v) is 11.6. The molecule has 0 unspecified atom stereocenters. The number of para-hydroxylation sites is 1. The molecule has 9 heteroatoms. The van der Waals surface area contributed by atoms with Crippen molar-refractivity contribution in [1.82, 2.24) is 16.2 Å². The number of thiocarbonyl (C=S) groups is 1. The summed E-state index contributed by atoms with van der Waals surface area (Å²) in [7, 11) is 0. The zero-order valence-electron chi connectivity index (χ0n) is 18.2. The molecule has 0 saturated heterocycles. The number of carbonyl (C=O) groups excluding carboxylic acids is 2. The lowest BCUT2D eigenvalue weighted by Crippen LogP contribution is -2.49. The number of hydrazine groups is 1. The van der Waals surface area contributed by atoms with Crippen molar-refractivity contribution in [2.24, 2.45) is 0 Å². The Bertz CT molecular complexity index is 939. The molecule has 0 spiro atoms. The second-order valence-electron chi connectivity index (χ2n) is 7.06. The summed E-state index contributed by atoms with van der Waals surface area (Å²) in [5.74, 6) is 0.452. The van der Waals surface area contributed by atoms with E-state index in [1.807, 2.05) is 25.1 Å². The molecule has 0 fully saturated rings. The molecule has 0 radical (unpaired) electrons. The van der Waals surface area contributed by atoms with Crippen molar-refractivity contribution in [2.75, 3.05) is 13.2 Å². The van der Waals surface area contributed by atoms with Crippen molar-refractivity contribution >= 4 is 45.1 Å². The highest BCUT2D eigenvalue weighted by molar-refractivity contribution is 9.10. The van der Waals surface area contributed by atoms with Crippen LogP contribution in [0.3, 0.4) is 0 Å². The number of halogens is 1. The van der Waals surface area contributed by atoms with Crippen molar-refractivity contribution in [1.29, 1.82) is 0 Å². The summed E-state index contributed by atoms with van der Waals surface area (Å²) in [6.07, 6.45) is 4.49. The second kappa shape index (κ2) is 13.7. The third-order valence-corrected chi connectivity index (χ3v) is 5.27. The Hall–Kier alpha value is -2.65. The number of rotatable bonds is 10. The Morgan fingerprint density at radius 2 is 1.78 bits per heavy atom. The summed E-state index contributed by atoms with van der Waals surface area (Å²) in [5, 5.41) is 2.48. The van der Waals surface area contributed by atoms with Crippen molar-refractivity contribution in [2.45, 2.75) is 39.5 Å². The first kappa shape index (κ1) is 25.6. The lowest BCUT2D eigenvalue weighted by atomic mass is 10.2. The predicted octanol–water partition coefficient (Wildman–Crippen LogP) is 4.43. The first-order valence-electron chi connectivity index (χ1n) is 10.4. The van der Waals surface area contributed by atoms with Gasteiger partial charge in [-0.15, -0.1) is 0 Å². The fraction of sp³-hybridized carbons (Fsp3) is 0.348. The van der Waals surface area contributed by atoms with Gasteiger partial charge in [-0.25, -0.2) is 0 Å². The Labute approximate surface area is 202 Å². The van der Waals surface area contributed by atoms with Crippen LogP contribution in [0.15, 0.2) is 46.9 Å². The van der Waals surface area contributed by atoms with E-state index in [9.17, 15) is 9.59 Å². The minimum Gasteiger partial charge on any atom is -0.492 e. The van der Waals surface area contributed by atoms with Crippen LogP contribution in [-0.2, 0) is 4.79 Å². The highest BCUT2D eigenvalue weighted by Gasteiger charge is 2.12. The summed E-state index contributed by atoms with van der Waals surface area (Å²) in [6, 6.07) is 12.4. The number of aryl methyl sites for hydroxylation is 1. The van der Waals surface area contributed by atoms with E-state index in [4.69, 9.17) is 21.7 Å². The third kappa shape index (κ3) is 8.84. The first-order chi connectivity index (χ1) is 15.4. The van der Waals surface area contributed by atoms with Gasteiger partial charge in [-0.3, -0.25) is 25.8 Å². The molecule has 3 N–H and O–H groups in total. The Morgan fingerprint density at radius 1 is 1.00 bits per heavy atom. The smallest absolute Gasteiger partial charge is 0.276 e. The molecular weight excluding hydrogens is 494 g/mol. The van der Waals surface area contributed by atoms with Crippen molar-refractivity contribution in [3.63, 3.8) is 0 Å². The average molecular weight is 522 g/mol. The molecule has 2 aromatic rings. The van der Waals surface area contributed by atoms with Gasteiger partial charge in [0.1, 0.15) is 11.5 Å². The zero-order valence-corrected chi connectivity index (χ0v) is 20.6. The SMILES string of the molecule is CCCCCCOc1ccc(C(=O)NC(=S)NNC(=O)COc2ccccc2C)cc1Br. The van der Waals surface area contributed by atoms with Gasteiger partial charge >= 0.3 is 0 Å². The monoisotopic (exact) mass is 521 g/mol. The van der Waals surface area contributed by atoms with Crippen LogP contribution in [0.25, 0.3) is 0 Å². The molecule has 0 atom stereocenters. The Morgan fingerprint density at radius 3 is 2.50 bits per heavy atom. The van der Waals surface area contributed by atoms with Gasteiger partial charge in [0.2, 0.25) is 0 Å². The van der Waals surface area contributed by atoms with Crippen LogP contribution in [0.1, 0.15) is 48.5 Å². The van der Waals surface area contributed by atoms with Crippen LogP contribution in [-0.4, -0.2) is 30.1 Å². The van der Waals surface area contributed by atoms with E-state index < -0.39 is 11.8 Å². The van der Waals surface area contributed by atoms with Crippen molar-refractivity contribution in [3.8, 4) is 11.5 Å². The van der Waals surface area contributed by atoms with E-state index >= 15 is 0 Å². The number of carbonyl (C=O) groups is 2. The zero-order chi connectivity index (χ0) is 23.3. The number of hydrogen-bond donors (Lipinski definition) is 3. The third-order valence-electron chi connectivity index (χ3n) is 4.44. The van der Waals surface area contributed by atoms with Crippen LogP contribution < -0.4 is 25.6 Å². The number of ether oxygens (including phenoxy) is 2. The molecule has 2 aromatic carbocycles. The molecule has 0 aliphatic heterocycles. The fourth-order valence-electron chi connectivity index (χ4n) is 2.70. The van der Waals surface area contributed by atoms with E-state index in [1.165, 1.54) is 12.8 Å². The van der Waals surface area contributed by atoms with Gasteiger partial charge in [-0.1, -0.05) is 44.4 Å². The summed E-state index contributed by atoms with van der Waals surface area (Å²) in [6.45, 7) is 4.49. The number of unbranched alkanes of at least 4 members (excludes halogenated alkanes) is 3. The predicted molar refractivity (Wildman–Crippen MR) is 132 cm³/mol. The standard InChI is InChI=1S/C23H28BrN3O4S/c1-3-4-5-8-13-30-20-12-11-17(14-18(20)24)22(29)25-23(32)27-26-21(28)15-31-19-10-7-6-9-16(19)2/h6-7,9-12,14H,3-5,8,13,15H2,1-2H3,(H,26,28)(H2,25,27,29,32). The van der Waals surface area contributed by atoms with E-state index in [0.717, 1.165) is 18.4 Å². The minimum absolute atomic E-state index is 0.0355. The molecule has 0 aliphatic rings. The minimum atomic E-state index is -0.437. The number of hydrogen-bond acceptors (Lipinski definition) is 5. The Balaban J connectivity index is 1.74. The molecule has 32 heavy (non-hydrogen) atoms. The summed E-state index contributed by atoms with van der Waals surface area (Å²) in [5.41, 5.74) is 6.20. The largest absolute Gasteiger partial charge is 0.492 e. The lowest BCUT2D eigenvalue weighted by molar-refractivity contribution is -0.123. The number of amides is 2. The quantitative estimate of drug-likeness (QED) is 0.243. The van der Waals surface area contributed by atoms with Crippen molar-refractivity contribution in [3.05, 3.63) is 58.1 Å². The van der Waals surface area contributed by atoms with Gasteiger partial charge < -0.3 is 9.47 Å². The molecule has 0 aromatic heterocycles. The van der Waals surface area contributed by atoms with Gasteiger partial charge in [-0.2, -0.15) is 0 Å². The topological polar surface area (TPSA) is 88.7 Å². The lowest BCUT2D eigenvalue weighted by Gasteiger charge is -2.13. The summed E-state index contributed by atoms with van der Waals surface area (Å²) >= 11 is 8.49. The van der Waals surface area contributed by atoms with Crippen LogP contribution in [0.4, 0.5) is 0 Å². The van der Waals surface area contributed by atoms with Gasteiger partial charge in [0.25, 0.3) is 11.8 Å². The maximum Gasteiger partial charge on any atom is 0.276 e. The maximum atomic E-state index is 12.4. The van der Waals surface area contributed by atoms with E-state index in [2.05, 4.69) is 39.0 Å². The number of nitrogens with one attached hydrogen (secondary N) is 3. The molecule has 0 saturated carbocycles. The molecular formula is C23H28BrN3O4S. The van der Waals surface area contributed by atoms with E-state index in [-0.39, 0.29) is 11.7 Å². The van der Waals surface area contributed by atoms with Gasteiger partial charge in [-0.05, 0) is 71.3 Å². The van der Waals surface area contributed by atoms with Crippen LogP contribution in [0, 0.1) is 6.92 Å². The summed E-state index contributed by atoms with van der Waals surface area (Å²) in [4.78, 5) is 24.3. The normalized spacial score (nSPS) is 10.2. The van der Waals surface area contributed by atoms with Gasteiger partial charge in [0, 0.05) is 5.56 Å². The van der Waals surface area contributed by atoms with Crippen molar-refractivity contribution < 1.29 is 19.1 Å². The molecule has 0 heterocycles. The van der Waals surface area contributed by atoms with Crippen LogP contribution in [0.2, 0.25) is 0 Å². The fourth-order valence-corrected chi connectivity index (χ4v) is 3.34. The highest BCUT2D eigenvalue weighted by Crippen LogP contribution is 2.26. The second-order valence-corrected chi connectivity index (χ2v) is 8.33. The molecule has 0 bridgehead atoms. The molecule has 2 amide bonds. The van der Waals surface area contributed by atoms with Gasteiger partial charge in [0.05, 0.1) is 11.1 Å². The molecule has 7 nitrogen and oxygen atoms in total. The van der Waals surface area contributed by atoms with E-state index in [1.54, 1.807) is 24.3 Å². The average Bonchev–Trinajstić information content (AvgIpc) is 2.77.